The Hall–Kier alpha value is -3.66. The molecule has 0 bridgehead atoms. The van der Waals surface area contributed by atoms with Gasteiger partial charge in [0, 0.05) is 13.1 Å². The minimum absolute atomic E-state index is 0.0534. The molecule has 0 aliphatic heterocycles. The highest BCUT2D eigenvalue weighted by atomic mass is 35.5. The lowest BCUT2D eigenvalue weighted by atomic mass is 10.2. The maximum Gasteiger partial charge on any atom is 0.387 e. The summed E-state index contributed by atoms with van der Waals surface area (Å²) < 4.78 is 38.9. The summed E-state index contributed by atoms with van der Waals surface area (Å²) >= 11 is 5.97. The minimum Gasteiger partial charge on any atom is -0.493 e. The van der Waals surface area contributed by atoms with Crippen molar-refractivity contribution < 1.29 is 37.4 Å². The van der Waals surface area contributed by atoms with E-state index >= 15 is 0 Å². The zero-order valence-electron chi connectivity index (χ0n) is 17.7. The molecule has 176 valence electrons. The summed E-state index contributed by atoms with van der Waals surface area (Å²) in [6.07, 6.45) is 2.40. The zero-order chi connectivity index (χ0) is 24.4. The number of anilines is 1. The van der Waals surface area contributed by atoms with Crippen molar-refractivity contribution in [3.8, 4) is 11.5 Å². The Morgan fingerprint density at radius 2 is 1.88 bits per heavy atom. The van der Waals surface area contributed by atoms with Gasteiger partial charge in [-0.25, -0.2) is 4.79 Å². The second-order valence-electron chi connectivity index (χ2n) is 6.51. The number of hydrogen-bond donors (Lipinski definition) is 1. The number of carbonyl (C=O) groups excluding carboxylic acids is 3. The molecule has 2 aromatic carbocycles. The van der Waals surface area contributed by atoms with E-state index in [1.807, 2.05) is 0 Å². The van der Waals surface area contributed by atoms with Crippen LogP contribution in [0.5, 0.6) is 11.5 Å². The van der Waals surface area contributed by atoms with Gasteiger partial charge in [-0.05, 0) is 35.9 Å². The van der Waals surface area contributed by atoms with E-state index in [0.29, 0.717) is 16.3 Å². The number of nitrogens with one attached hydrogen (secondary N) is 1. The van der Waals surface area contributed by atoms with Gasteiger partial charge in [0.25, 0.3) is 5.91 Å². The fraction of sp³-hybridized carbons (Fsp3) is 0.227. The summed E-state index contributed by atoms with van der Waals surface area (Å²) in [6.45, 7) is -3.86. The van der Waals surface area contributed by atoms with Crippen LogP contribution >= 0.6 is 11.6 Å². The summed E-state index contributed by atoms with van der Waals surface area (Å²) in [5.41, 5.74) is 0.858. The van der Waals surface area contributed by atoms with E-state index in [9.17, 15) is 23.2 Å². The molecule has 0 atom stereocenters. The molecule has 2 amide bonds. The van der Waals surface area contributed by atoms with Crippen LogP contribution in [0.25, 0.3) is 6.08 Å². The molecule has 33 heavy (non-hydrogen) atoms. The fourth-order valence-electron chi connectivity index (χ4n) is 2.49. The van der Waals surface area contributed by atoms with Crippen LogP contribution < -0.4 is 14.8 Å². The number of hydrogen-bond acceptors (Lipinski definition) is 6. The molecule has 0 heterocycles. The Kier molecular flexibility index (Phi) is 9.62. The molecule has 2 rings (SSSR count). The van der Waals surface area contributed by atoms with Crippen molar-refractivity contribution in [1.29, 1.82) is 0 Å². The maximum absolute atomic E-state index is 12.4. The SMILES string of the molecule is COc1cc(/C=C/C(=O)OCC(=O)N(C)CC(=O)Nc2ccccc2Cl)ccc1OC(F)F. The highest BCUT2D eigenvalue weighted by Gasteiger charge is 2.15. The molecule has 11 heteroatoms. The Bertz CT molecular complexity index is 1030. The minimum atomic E-state index is -3.01. The predicted octanol–water partition coefficient (Wildman–Crippen LogP) is 3.60. The van der Waals surface area contributed by atoms with Crippen LogP contribution in [0, 0.1) is 0 Å². The van der Waals surface area contributed by atoms with Crippen LogP contribution in [0.4, 0.5) is 14.5 Å². The van der Waals surface area contributed by atoms with Crippen molar-refractivity contribution >= 4 is 41.1 Å². The van der Waals surface area contributed by atoms with Crippen LogP contribution in [0.1, 0.15) is 5.56 Å². The number of halogens is 3. The first-order chi connectivity index (χ1) is 15.7. The third-order valence-electron chi connectivity index (χ3n) is 4.11. The lowest BCUT2D eigenvalue weighted by Crippen LogP contribution is -2.37. The number of amides is 2. The molecule has 0 aromatic heterocycles. The summed E-state index contributed by atoms with van der Waals surface area (Å²) in [6, 6.07) is 10.7. The van der Waals surface area contributed by atoms with E-state index in [4.69, 9.17) is 21.1 Å². The first-order valence-corrected chi connectivity index (χ1v) is 9.83. The molecule has 1 N–H and O–H groups in total. The summed E-state index contributed by atoms with van der Waals surface area (Å²) in [4.78, 5) is 37.2. The highest BCUT2D eigenvalue weighted by molar-refractivity contribution is 6.33. The molecule has 2 aromatic rings. The van der Waals surface area contributed by atoms with E-state index in [0.717, 1.165) is 11.0 Å². The van der Waals surface area contributed by atoms with Gasteiger partial charge in [-0.1, -0.05) is 29.8 Å². The number of esters is 1. The predicted molar refractivity (Wildman–Crippen MR) is 117 cm³/mol. The van der Waals surface area contributed by atoms with Crippen molar-refractivity contribution in [2.24, 2.45) is 0 Å². The van der Waals surface area contributed by atoms with E-state index < -0.39 is 31.0 Å². The molecular weight excluding hydrogens is 462 g/mol. The zero-order valence-corrected chi connectivity index (χ0v) is 18.5. The molecule has 8 nitrogen and oxygen atoms in total. The molecule has 0 saturated heterocycles. The van der Waals surface area contributed by atoms with E-state index in [1.165, 1.54) is 38.4 Å². The monoisotopic (exact) mass is 482 g/mol. The van der Waals surface area contributed by atoms with Gasteiger partial charge >= 0.3 is 12.6 Å². The Balaban J connectivity index is 1.83. The van der Waals surface area contributed by atoms with Crippen LogP contribution in [0.15, 0.2) is 48.5 Å². The van der Waals surface area contributed by atoms with Crippen LogP contribution in [-0.4, -0.2) is 56.6 Å². The second kappa shape index (κ2) is 12.4. The first-order valence-electron chi connectivity index (χ1n) is 9.45. The largest absolute Gasteiger partial charge is 0.493 e. The first kappa shape index (κ1) is 25.6. The smallest absolute Gasteiger partial charge is 0.387 e. The van der Waals surface area contributed by atoms with Gasteiger partial charge in [0.05, 0.1) is 24.4 Å². The molecule has 0 unspecified atom stereocenters. The molecule has 0 aliphatic carbocycles. The number of likely N-dealkylation sites (N-methyl/N-ethyl adjacent to an activating group) is 1. The number of benzene rings is 2. The molecular formula is C22H21ClF2N2O6. The van der Waals surface area contributed by atoms with Gasteiger partial charge in [-0.15, -0.1) is 0 Å². The van der Waals surface area contributed by atoms with Crippen molar-refractivity contribution in [2.75, 3.05) is 32.6 Å². The molecule has 0 spiro atoms. The number of carbonyl (C=O) groups is 3. The third-order valence-corrected chi connectivity index (χ3v) is 4.44. The fourth-order valence-corrected chi connectivity index (χ4v) is 2.68. The van der Waals surface area contributed by atoms with Crippen molar-refractivity contribution in [1.82, 2.24) is 4.90 Å². The Morgan fingerprint density at radius 3 is 2.55 bits per heavy atom. The van der Waals surface area contributed by atoms with Gasteiger partial charge in [-0.2, -0.15) is 8.78 Å². The Morgan fingerprint density at radius 1 is 1.15 bits per heavy atom. The molecule has 0 aliphatic rings. The van der Waals surface area contributed by atoms with Crippen LogP contribution in [0.2, 0.25) is 5.02 Å². The molecule has 0 radical (unpaired) electrons. The average molecular weight is 483 g/mol. The van der Waals surface area contributed by atoms with Gasteiger partial charge in [0.1, 0.15) is 0 Å². The third kappa shape index (κ3) is 8.41. The van der Waals surface area contributed by atoms with Crippen LogP contribution in [0.3, 0.4) is 0 Å². The number of ether oxygens (including phenoxy) is 3. The summed E-state index contributed by atoms with van der Waals surface area (Å²) in [5, 5.41) is 2.93. The summed E-state index contributed by atoms with van der Waals surface area (Å²) in [5.74, 6) is -1.99. The number of para-hydroxylation sites is 1. The maximum atomic E-state index is 12.4. The number of nitrogens with zero attached hydrogens (tertiary/aromatic N) is 1. The number of alkyl halides is 2. The topological polar surface area (TPSA) is 94.2 Å². The summed E-state index contributed by atoms with van der Waals surface area (Å²) in [7, 11) is 2.67. The van der Waals surface area contributed by atoms with Gasteiger partial charge in [-0.3, -0.25) is 9.59 Å². The van der Waals surface area contributed by atoms with Gasteiger partial charge < -0.3 is 24.4 Å². The van der Waals surface area contributed by atoms with Crippen molar-refractivity contribution in [3.63, 3.8) is 0 Å². The van der Waals surface area contributed by atoms with Crippen molar-refractivity contribution in [2.45, 2.75) is 6.61 Å². The number of rotatable bonds is 10. The van der Waals surface area contributed by atoms with Crippen LogP contribution in [-0.2, 0) is 19.1 Å². The van der Waals surface area contributed by atoms with Gasteiger partial charge in [0.15, 0.2) is 18.1 Å². The number of methoxy groups -OCH3 is 1. The normalized spacial score (nSPS) is 10.7. The lowest BCUT2D eigenvalue weighted by molar-refractivity contribution is -0.148. The average Bonchev–Trinajstić information content (AvgIpc) is 2.77. The highest BCUT2D eigenvalue weighted by Crippen LogP contribution is 2.29. The van der Waals surface area contributed by atoms with E-state index in [2.05, 4.69) is 10.1 Å². The van der Waals surface area contributed by atoms with E-state index in [-0.39, 0.29) is 18.0 Å². The Labute approximate surface area is 193 Å². The molecule has 0 saturated carbocycles. The van der Waals surface area contributed by atoms with Gasteiger partial charge in [0.2, 0.25) is 5.91 Å². The van der Waals surface area contributed by atoms with Crippen molar-refractivity contribution in [3.05, 3.63) is 59.1 Å². The van der Waals surface area contributed by atoms with E-state index in [1.54, 1.807) is 24.3 Å². The standard InChI is InChI=1S/C22H21ClF2N2O6/c1-27(12-19(28)26-16-6-4-3-5-15(16)23)20(29)13-32-21(30)10-8-14-7-9-17(33-22(24)25)18(11-14)31-2/h3-11,22H,12-13H2,1-2H3,(H,26,28)/b10-8+. The second-order valence-corrected chi connectivity index (χ2v) is 6.91. The quantitative estimate of drug-likeness (QED) is 0.411. The molecule has 0 fully saturated rings. The lowest BCUT2D eigenvalue weighted by Gasteiger charge is -2.16.